The summed E-state index contributed by atoms with van der Waals surface area (Å²) in [5.74, 6) is -0.414. The van der Waals surface area contributed by atoms with Gasteiger partial charge in [-0.1, -0.05) is 18.2 Å². The molecule has 0 aliphatic heterocycles. The molecule has 0 radical (unpaired) electrons. The van der Waals surface area contributed by atoms with Crippen LogP contribution < -0.4 is 0 Å². The Morgan fingerprint density at radius 2 is 2.00 bits per heavy atom. The minimum Gasteiger partial charge on any atom is -0.507 e. The maximum atomic E-state index is 12.4. The Bertz CT molecular complexity index is 719. The lowest BCUT2D eigenvalue weighted by Gasteiger charge is -2.01. The van der Waals surface area contributed by atoms with Crippen LogP contribution in [0.15, 0.2) is 41.8 Å². The predicted octanol–water partition coefficient (Wildman–Crippen LogP) is 2.47. The molecule has 6 heteroatoms. The van der Waals surface area contributed by atoms with Crippen LogP contribution in [0.1, 0.15) is 16.1 Å². The number of phenolic OH excluding ortho intramolecular Hbond substituents is 1. The fraction of sp³-hybridized carbons (Fsp3) is 0. The van der Waals surface area contributed by atoms with Gasteiger partial charge < -0.3 is 5.11 Å². The van der Waals surface area contributed by atoms with E-state index in [-0.39, 0.29) is 22.8 Å². The Labute approximate surface area is 112 Å². The standard InChI is InChI=1S/C13H9N3O2S/c17-9-5-2-1-4-8(9)13(18)12-11(14-16-15-12)10-6-3-7-19-10/h1-7,17H,(H,14,15,16). The van der Waals surface area contributed by atoms with E-state index in [2.05, 4.69) is 15.4 Å². The van der Waals surface area contributed by atoms with Crippen molar-refractivity contribution in [1.82, 2.24) is 15.4 Å². The highest BCUT2D eigenvalue weighted by molar-refractivity contribution is 7.13. The van der Waals surface area contributed by atoms with E-state index < -0.39 is 0 Å². The molecule has 2 aromatic heterocycles. The Morgan fingerprint density at radius 3 is 2.74 bits per heavy atom. The SMILES string of the molecule is O=C(c1ccccc1O)c1n[nH]nc1-c1cccs1. The van der Waals surface area contributed by atoms with Gasteiger partial charge in [0.2, 0.25) is 5.78 Å². The molecule has 0 amide bonds. The fourth-order valence-corrected chi connectivity index (χ4v) is 2.48. The van der Waals surface area contributed by atoms with Gasteiger partial charge in [0.25, 0.3) is 0 Å². The number of hydrogen-bond donors (Lipinski definition) is 2. The monoisotopic (exact) mass is 271 g/mol. The molecule has 0 atom stereocenters. The molecule has 0 spiro atoms. The first-order chi connectivity index (χ1) is 9.27. The number of nitrogens with zero attached hydrogens (tertiary/aromatic N) is 2. The number of ketones is 1. The maximum absolute atomic E-state index is 12.4. The van der Waals surface area contributed by atoms with Crippen molar-refractivity contribution in [2.24, 2.45) is 0 Å². The lowest BCUT2D eigenvalue weighted by Crippen LogP contribution is -2.03. The summed E-state index contributed by atoms with van der Waals surface area (Å²) in [7, 11) is 0. The number of thiophene rings is 1. The van der Waals surface area contributed by atoms with Gasteiger partial charge in [0.1, 0.15) is 11.4 Å². The number of aromatic amines is 1. The summed E-state index contributed by atoms with van der Waals surface area (Å²) in [6, 6.07) is 10.1. The summed E-state index contributed by atoms with van der Waals surface area (Å²) in [6.45, 7) is 0. The zero-order chi connectivity index (χ0) is 13.2. The molecule has 1 aromatic carbocycles. The second kappa shape index (κ2) is 4.66. The van der Waals surface area contributed by atoms with Gasteiger partial charge in [0, 0.05) is 0 Å². The van der Waals surface area contributed by atoms with E-state index in [0.717, 1.165) is 4.88 Å². The Morgan fingerprint density at radius 1 is 1.16 bits per heavy atom. The normalized spacial score (nSPS) is 10.5. The topological polar surface area (TPSA) is 78.9 Å². The molecule has 0 aliphatic rings. The van der Waals surface area contributed by atoms with E-state index in [1.807, 2.05) is 17.5 Å². The van der Waals surface area contributed by atoms with Crippen LogP contribution in [0.2, 0.25) is 0 Å². The number of hydrogen-bond acceptors (Lipinski definition) is 5. The lowest BCUT2D eigenvalue weighted by molar-refractivity contribution is 0.103. The summed E-state index contributed by atoms with van der Waals surface area (Å²) in [6.07, 6.45) is 0. The molecule has 0 aliphatic carbocycles. The highest BCUT2D eigenvalue weighted by atomic mass is 32.1. The number of benzene rings is 1. The van der Waals surface area contributed by atoms with Gasteiger partial charge in [0.15, 0.2) is 5.69 Å². The summed E-state index contributed by atoms with van der Waals surface area (Å²) in [5, 5.41) is 22.0. The number of rotatable bonds is 3. The van der Waals surface area contributed by atoms with Gasteiger partial charge in [-0.15, -0.1) is 11.3 Å². The van der Waals surface area contributed by atoms with E-state index >= 15 is 0 Å². The van der Waals surface area contributed by atoms with Crippen molar-refractivity contribution < 1.29 is 9.90 Å². The lowest BCUT2D eigenvalue weighted by atomic mass is 10.1. The average molecular weight is 271 g/mol. The molecule has 2 heterocycles. The molecular weight excluding hydrogens is 262 g/mol. The van der Waals surface area contributed by atoms with Crippen LogP contribution in [0, 0.1) is 0 Å². The van der Waals surface area contributed by atoms with Gasteiger partial charge >= 0.3 is 0 Å². The minimum atomic E-state index is -0.352. The quantitative estimate of drug-likeness (QED) is 0.717. The zero-order valence-corrected chi connectivity index (χ0v) is 10.5. The molecule has 94 valence electrons. The highest BCUT2D eigenvalue weighted by Crippen LogP contribution is 2.27. The number of H-pyrrole nitrogens is 1. The van der Waals surface area contributed by atoms with Gasteiger partial charge in [-0.05, 0) is 23.6 Å². The van der Waals surface area contributed by atoms with Crippen molar-refractivity contribution in [1.29, 1.82) is 0 Å². The van der Waals surface area contributed by atoms with Gasteiger partial charge in [-0.3, -0.25) is 4.79 Å². The summed E-state index contributed by atoms with van der Waals surface area (Å²) in [5.41, 5.74) is 0.932. The zero-order valence-electron chi connectivity index (χ0n) is 9.70. The van der Waals surface area contributed by atoms with Crippen molar-refractivity contribution in [3.05, 3.63) is 53.0 Å². The fourth-order valence-electron chi connectivity index (χ4n) is 1.77. The van der Waals surface area contributed by atoms with Gasteiger partial charge in [0.05, 0.1) is 10.4 Å². The first-order valence-corrected chi connectivity index (χ1v) is 6.42. The first-order valence-electron chi connectivity index (χ1n) is 5.54. The van der Waals surface area contributed by atoms with Crippen molar-refractivity contribution in [2.75, 3.05) is 0 Å². The number of nitrogens with one attached hydrogen (secondary N) is 1. The molecule has 0 bridgehead atoms. The summed E-state index contributed by atoms with van der Waals surface area (Å²) in [4.78, 5) is 13.2. The van der Waals surface area contributed by atoms with Crippen LogP contribution in [0.3, 0.4) is 0 Å². The second-order valence-corrected chi connectivity index (χ2v) is 4.79. The molecule has 19 heavy (non-hydrogen) atoms. The number of carbonyl (C=O) groups is 1. The number of aromatic nitrogens is 3. The van der Waals surface area contributed by atoms with E-state index in [1.54, 1.807) is 18.2 Å². The Hall–Kier alpha value is -2.47. The smallest absolute Gasteiger partial charge is 0.219 e. The molecule has 0 unspecified atom stereocenters. The molecule has 0 saturated carbocycles. The average Bonchev–Trinajstić information content (AvgIpc) is 3.09. The largest absolute Gasteiger partial charge is 0.507 e. The van der Waals surface area contributed by atoms with Crippen LogP contribution in [0.25, 0.3) is 10.6 Å². The minimum absolute atomic E-state index is 0.0624. The molecule has 5 nitrogen and oxygen atoms in total. The third-order valence-electron chi connectivity index (χ3n) is 2.67. The summed E-state index contributed by atoms with van der Waals surface area (Å²) >= 11 is 1.47. The summed E-state index contributed by atoms with van der Waals surface area (Å²) < 4.78 is 0. The first kappa shape index (κ1) is 11.6. The Kier molecular flexibility index (Phi) is 2.85. The molecule has 0 saturated heterocycles. The van der Waals surface area contributed by atoms with E-state index in [0.29, 0.717) is 5.69 Å². The predicted molar refractivity (Wildman–Crippen MR) is 71.2 cm³/mol. The van der Waals surface area contributed by atoms with Gasteiger partial charge in [-0.25, -0.2) is 0 Å². The number of carbonyl (C=O) groups excluding carboxylic acids is 1. The van der Waals surface area contributed by atoms with Crippen LogP contribution in [0.5, 0.6) is 5.75 Å². The van der Waals surface area contributed by atoms with Crippen molar-refractivity contribution >= 4 is 17.1 Å². The van der Waals surface area contributed by atoms with Crippen molar-refractivity contribution in [3.8, 4) is 16.3 Å². The highest BCUT2D eigenvalue weighted by Gasteiger charge is 2.21. The number of phenols is 1. The molecule has 0 fully saturated rings. The number of para-hydroxylation sites is 1. The molecular formula is C13H9N3O2S. The number of aromatic hydroxyl groups is 1. The van der Waals surface area contributed by atoms with Crippen LogP contribution in [0.4, 0.5) is 0 Å². The van der Waals surface area contributed by atoms with E-state index in [9.17, 15) is 9.90 Å². The molecule has 3 aromatic rings. The Balaban J connectivity index is 2.07. The van der Waals surface area contributed by atoms with Crippen molar-refractivity contribution in [2.45, 2.75) is 0 Å². The molecule has 2 N–H and O–H groups in total. The second-order valence-electron chi connectivity index (χ2n) is 3.84. The van der Waals surface area contributed by atoms with Gasteiger partial charge in [-0.2, -0.15) is 15.4 Å². The van der Waals surface area contributed by atoms with Crippen LogP contribution >= 0.6 is 11.3 Å². The van der Waals surface area contributed by atoms with Crippen molar-refractivity contribution in [3.63, 3.8) is 0 Å². The van der Waals surface area contributed by atoms with Crippen LogP contribution in [-0.4, -0.2) is 26.3 Å². The van der Waals surface area contributed by atoms with E-state index in [1.165, 1.54) is 17.4 Å². The van der Waals surface area contributed by atoms with E-state index in [4.69, 9.17) is 0 Å². The third-order valence-corrected chi connectivity index (χ3v) is 3.54. The third kappa shape index (κ3) is 2.02. The van der Waals surface area contributed by atoms with Crippen LogP contribution in [-0.2, 0) is 0 Å². The maximum Gasteiger partial charge on any atom is 0.219 e. The molecule has 3 rings (SSSR count).